The van der Waals surface area contributed by atoms with Crippen LogP contribution >= 0.6 is 0 Å². The minimum atomic E-state index is -1.37. The standard InChI is InChI=1S/C9H7.C5H5.CH2.Ti/c1-2-5-9-7-3-6-8(9)4-1;1-2-4-5-3-1;;/h1-7H;1-3H,4H2;1H2;. The van der Waals surface area contributed by atoms with Crippen molar-refractivity contribution in [2.45, 2.75) is 10.6 Å². The van der Waals surface area contributed by atoms with Crippen molar-refractivity contribution in [3.05, 3.63) is 63.6 Å². The monoisotopic (exact) mass is 242 g/mol. The summed E-state index contributed by atoms with van der Waals surface area (Å²) in [5.41, 5.74) is 2.90. The summed E-state index contributed by atoms with van der Waals surface area (Å²) in [6.07, 6.45) is 12.5. The van der Waals surface area contributed by atoms with Crippen molar-refractivity contribution in [1.29, 1.82) is 0 Å². The van der Waals surface area contributed by atoms with Gasteiger partial charge in [-0.15, -0.1) is 0 Å². The molecule has 0 amide bonds. The molecule has 0 saturated carbocycles. The summed E-state index contributed by atoms with van der Waals surface area (Å²) in [7, 11) is 0. The van der Waals surface area contributed by atoms with Crippen LogP contribution in [0.1, 0.15) is 21.8 Å². The maximum atomic E-state index is 4.51. The Kier molecular flexibility index (Phi) is 2.63. The third-order valence-electron chi connectivity index (χ3n) is 3.36. The van der Waals surface area contributed by atoms with Crippen LogP contribution < -0.4 is 0 Å². The van der Waals surface area contributed by atoms with Crippen LogP contribution in [0.4, 0.5) is 0 Å². The average Bonchev–Trinajstić information content (AvgIpc) is 2.98. The van der Waals surface area contributed by atoms with Crippen LogP contribution in [0.3, 0.4) is 0 Å². The summed E-state index contributed by atoms with van der Waals surface area (Å²) in [5, 5.41) is 0. The van der Waals surface area contributed by atoms with Crippen LogP contribution in [-0.4, -0.2) is 4.82 Å². The molecule has 0 N–H and O–H groups in total. The van der Waals surface area contributed by atoms with E-state index in [2.05, 4.69) is 59.5 Å². The van der Waals surface area contributed by atoms with Gasteiger partial charge in [-0.05, 0) is 0 Å². The molecule has 0 spiro atoms. The molecule has 0 aromatic heterocycles. The summed E-state index contributed by atoms with van der Waals surface area (Å²) in [4.78, 5) is 4.51. The van der Waals surface area contributed by atoms with E-state index in [9.17, 15) is 0 Å². The van der Waals surface area contributed by atoms with Crippen molar-refractivity contribution in [3.8, 4) is 0 Å². The third-order valence-corrected chi connectivity index (χ3v) is 7.18. The normalized spacial score (nSPS) is 21.0. The second-order valence-electron chi connectivity index (χ2n) is 4.32. The zero-order valence-electron chi connectivity index (χ0n) is 9.19. The van der Waals surface area contributed by atoms with Crippen molar-refractivity contribution in [1.82, 2.24) is 0 Å². The van der Waals surface area contributed by atoms with Crippen molar-refractivity contribution in [3.63, 3.8) is 0 Å². The van der Waals surface area contributed by atoms with Gasteiger partial charge < -0.3 is 0 Å². The number of allylic oxidation sites excluding steroid dienone is 5. The Balaban J connectivity index is 1.93. The van der Waals surface area contributed by atoms with Gasteiger partial charge in [-0.3, -0.25) is 0 Å². The van der Waals surface area contributed by atoms with E-state index in [-0.39, 0.29) is 0 Å². The topological polar surface area (TPSA) is 0 Å². The summed E-state index contributed by atoms with van der Waals surface area (Å²) < 4.78 is 2.24. The first-order valence-corrected chi connectivity index (χ1v) is 8.47. The molecule has 1 heteroatoms. The van der Waals surface area contributed by atoms with Gasteiger partial charge >= 0.3 is 103 Å². The van der Waals surface area contributed by atoms with Crippen LogP contribution in [0.5, 0.6) is 0 Å². The van der Waals surface area contributed by atoms with E-state index in [1.165, 1.54) is 11.1 Å². The zero-order valence-corrected chi connectivity index (χ0v) is 10.7. The second-order valence-corrected chi connectivity index (χ2v) is 7.93. The van der Waals surface area contributed by atoms with Gasteiger partial charge in [-0.2, -0.15) is 0 Å². The Morgan fingerprint density at radius 2 is 2.12 bits per heavy atom. The van der Waals surface area contributed by atoms with Gasteiger partial charge in [-0.25, -0.2) is 0 Å². The van der Waals surface area contributed by atoms with Gasteiger partial charge in [0.05, 0.1) is 0 Å². The first kappa shape index (κ1) is 10.2. The maximum absolute atomic E-state index is 4.51. The predicted octanol–water partition coefficient (Wildman–Crippen LogP) is 3.65. The Bertz CT molecular complexity index is 532. The molecule has 0 saturated heterocycles. The molecular formula is C15H14Ti. The molecule has 16 heavy (non-hydrogen) atoms. The molecule has 2 aliphatic rings. The quantitative estimate of drug-likeness (QED) is 0.694. The summed E-state index contributed by atoms with van der Waals surface area (Å²) in [6.45, 7) is 0. The molecule has 1 atom stereocenters. The van der Waals surface area contributed by atoms with E-state index >= 15 is 0 Å². The molecule has 1 aromatic carbocycles. The fourth-order valence-electron chi connectivity index (χ4n) is 2.44. The van der Waals surface area contributed by atoms with Gasteiger partial charge in [0.1, 0.15) is 0 Å². The third kappa shape index (κ3) is 1.63. The summed E-state index contributed by atoms with van der Waals surface area (Å²) in [6, 6.07) is 8.73. The number of rotatable bonds is 2. The van der Waals surface area contributed by atoms with Gasteiger partial charge in [0, 0.05) is 0 Å². The van der Waals surface area contributed by atoms with Gasteiger partial charge in [-0.1, -0.05) is 0 Å². The number of hydrogen-bond acceptors (Lipinski definition) is 0. The molecule has 0 heterocycles. The number of fused-ring (bicyclic) bond motifs is 1. The number of benzene rings is 1. The summed E-state index contributed by atoms with van der Waals surface area (Å²) in [5.74, 6) is 0. The summed E-state index contributed by atoms with van der Waals surface area (Å²) >= 11 is -1.37. The molecule has 3 rings (SSSR count). The molecule has 0 radical (unpaired) electrons. The van der Waals surface area contributed by atoms with Crippen molar-refractivity contribution >= 4 is 10.9 Å². The number of hydrogen-bond donors (Lipinski definition) is 0. The van der Waals surface area contributed by atoms with Crippen LogP contribution in [0.25, 0.3) is 6.08 Å². The Labute approximate surface area is 102 Å². The molecule has 0 bridgehead atoms. The molecule has 1 aromatic rings. The fraction of sp³-hybridized carbons (Fsp3) is 0.133. The molecule has 0 nitrogen and oxygen atoms in total. The molecule has 0 fully saturated rings. The Morgan fingerprint density at radius 3 is 2.94 bits per heavy atom. The van der Waals surface area contributed by atoms with Crippen molar-refractivity contribution in [2.24, 2.45) is 0 Å². The first-order chi connectivity index (χ1) is 7.86. The van der Waals surface area contributed by atoms with Gasteiger partial charge in [0.15, 0.2) is 0 Å². The first-order valence-electron chi connectivity index (χ1n) is 5.68. The minimum absolute atomic E-state index is 0.627. The van der Waals surface area contributed by atoms with Crippen LogP contribution in [0.2, 0.25) is 0 Å². The molecular weight excluding hydrogens is 228 g/mol. The fourth-order valence-corrected chi connectivity index (χ4v) is 5.65. The van der Waals surface area contributed by atoms with Crippen molar-refractivity contribution < 1.29 is 17.4 Å². The second kappa shape index (κ2) is 4.12. The predicted molar refractivity (Wildman–Crippen MR) is 67.2 cm³/mol. The average molecular weight is 242 g/mol. The van der Waals surface area contributed by atoms with E-state index in [0.29, 0.717) is 4.22 Å². The van der Waals surface area contributed by atoms with Crippen LogP contribution in [-0.2, 0) is 17.4 Å². The molecule has 78 valence electrons. The zero-order chi connectivity index (χ0) is 11.0. The SMILES string of the molecule is [CH2]=[Ti]([C]1=CC=CC1)[CH]1C=Cc2ccccc21. The van der Waals surface area contributed by atoms with Crippen molar-refractivity contribution in [2.75, 3.05) is 0 Å². The molecule has 2 aliphatic carbocycles. The van der Waals surface area contributed by atoms with E-state index in [1.54, 1.807) is 3.88 Å². The van der Waals surface area contributed by atoms with Crippen LogP contribution in [0.15, 0.2) is 52.4 Å². The van der Waals surface area contributed by atoms with Gasteiger partial charge in [0.2, 0.25) is 0 Å². The van der Waals surface area contributed by atoms with E-state index in [1.807, 2.05) is 0 Å². The van der Waals surface area contributed by atoms with E-state index in [0.717, 1.165) is 6.42 Å². The molecule has 1 unspecified atom stereocenters. The molecule has 0 aliphatic heterocycles. The Hall–Kier alpha value is -0.976. The van der Waals surface area contributed by atoms with Crippen LogP contribution in [0, 0.1) is 0 Å². The van der Waals surface area contributed by atoms with E-state index < -0.39 is 17.4 Å². The Morgan fingerprint density at radius 1 is 1.25 bits per heavy atom. The van der Waals surface area contributed by atoms with E-state index in [4.69, 9.17) is 0 Å². The van der Waals surface area contributed by atoms with Gasteiger partial charge in [0.25, 0.3) is 0 Å².